The van der Waals surface area contributed by atoms with Crippen molar-refractivity contribution in [2.75, 3.05) is 0 Å². The standard InChI is InChI=1S/C18H35NO3.Na.H/c1-4-5-6-7-8-9-10-11-12-13-17(20)19-16(18(21)22)14-15(2)3;;/h15-16H,4-14H2,1-3H3,(H,19,20)(H,21,22);;/t16-;;/m0../s1. The summed E-state index contributed by atoms with van der Waals surface area (Å²) in [5.41, 5.74) is 0. The molecule has 0 unspecified atom stereocenters. The molecule has 0 heterocycles. The van der Waals surface area contributed by atoms with Crippen LogP contribution in [0.15, 0.2) is 0 Å². The van der Waals surface area contributed by atoms with Crippen LogP contribution in [0.1, 0.15) is 91.4 Å². The van der Waals surface area contributed by atoms with Crippen molar-refractivity contribution in [3.8, 4) is 0 Å². The summed E-state index contributed by atoms with van der Waals surface area (Å²) < 4.78 is 0. The molecule has 0 saturated heterocycles. The van der Waals surface area contributed by atoms with Gasteiger partial charge in [0.05, 0.1) is 0 Å². The predicted octanol–water partition coefficient (Wildman–Crippen LogP) is 3.87. The van der Waals surface area contributed by atoms with Gasteiger partial charge in [0, 0.05) is 6.42 Å². The molecule has 0 aliphatic rings. The maximum absolute atomic E-state index is 11.8. The van der Waals surface area contributed by atoms with Crippen LogP contribution in [0.2, 0.25) is 0 Å². The van der Waals surface area contributed by atoms with E-state index in [0.717, 1.165) is 12.8 Å². The maximum atomic E-state index is 11.8. The third-order valence-corrected chi connectivity index (χ3v) is 3.85. The van der Waals surface area contributed by atoms with Gasteiger partial charge in [-0.25, -0.2) is 4.79 Å². The minimum atomic E-state index is -0.936. The van der Waals surface area contributed by atoms with Gasteiger partial charge in [-0.3, -0.25) is 4.79 Å². The number of carbonyl (C=O) groups is 2. The number of hydrogen-bond acceptors (Lipinski definition) is 2. The predicted molar refractivity (Wildman–Crippen MR) is 98.0 cm³/mol. The first-order valence-electron chi connectivity index (χ1n) is 8.99. The Morgan fingerprint density at radius 3 is 1.83 bits per heavy atom. The van der Waals surface area contributed by atoms with Gasteiger partial charge >= 0.3 is 35.5 Å². The molecule has 0 rings (SSSR count). The average Bonchev–Trinajstić information content (AvgIpc) is 2.44. The molecule has 4 nitrogen and oxygen atoms in total. The number of amides is 1. The molecule has 0 fully saturated rings. The van der Waals surface area contributed by atoms with E-state index in [2.05, 4.69) is 12.2 Å². The third kappa shape index (κ3) is 16.6. The van der Waals surface area contributed by atoms with Crippen molar-refractivity contribution in [1.82, 2.24) is 5.32 Å². The van der Waals surface area contributed by atoms with E-state index in [4.69, 9.17) is 5.11 Å². The Morgan fingerprint density at radius 1 is 0.913 bits per heavy atom. The van der Waals surface area contributed by atoms with Gasteiger partial charge < -0.3 is 10.4 Å². The molecular formula is C18H36NNaO3. The Balaban J connectivity index is 0. The van der Waals surface area contributed by atoms with Crippen LogP contribution in [-0.4, -0.2) is 52.6 Å². The Kier molecular flexibility index (Phi) is 18.4. The van der Waals surface area contributed by atoms with Crippen molar-refractivity contribution in [2.45, 2.75) is 97.4 Å². The minimum absolute atomic E-state index is 0. The van der Waals surface area contributed by atoms with Crippen LogP contribution in [0, 0.1) is 5.92 Å². The quantitative estimate of drug-likeness (QED) is 0.373. The Bertz CT molecular complexity index is 309. The van der Waals surface area contributed by atoms with Crippen molar-refractivity contribution in [1.29, 1.82) is 0 Å². The number of aliphatic carboxylic acids is 1. The molecule has 1 atom stereocenters. The van der Waals surface area contributed by atoms with Crippen LogP contribution in [-0.2, 0) is 9.59 Å². The van der Waals surface area contributed by atoms with Gasteiger partial charge in [-0.15, -0.1) is 0 Å². The normalized spacial score (nSPS) is 11.8. The monoisotopic (exact) mass is 337 g/mol. The molecule has 0 aromatic rings. The van der Waals surface area contributed by atoms with Gasteiger partial charge in [0.1, 0.15) is 6.04 Å². The van der Waals surface area contributed by atoms with Gasteiger partial charge in [-0.1, -0.05) is 72.1 Å². The van der Waals surface area contributed by atoms with Crippen LogP contribution in [0.25, 0.3) is 0 Å². The number of rotatable bonds is 14. The van der Waals surface area contributed by atoms with E-state index in [-0.39, 0.29) is 41.4 Å². The molecule has 0 bridgehead atoms. The summed E-state index contributed by atoms with van der Waals surface area (Å²) in [6.07, 6.45) is 11.8. The number of nitrogens with one attached hydrogen (secondary N) is 1. The molecule has 1 amide bonds. The van der Waals surface area contributed by atoms with Crippen LogP contribution in [0.4, 0.5) is 0 Å². The number of carboxylic acids is 1. The summed E-state index contributed by atoms with van der Waals surface area (Å²) in [5, 5.41) is 11.7. The van der Waals surface area contributed by atoms with Crippen LogP contribution >= 0.6 is 0 Å². The number of carbonyl (C=O) groups excluding carboxylic acids is 1. The SMILES string of the molecule is CCCCCCCCCCCC(=O)N[C@@H](CC(C)C)C(=O)O.[NaH]. The molecule has 0 saturated carbocycles. The zero-order valence-electron chi connectivity index (χ0n) is 14.7. The Hall–Kier alpha value is -0.0600. The van der Waals surface area contributed by atoms with E-state index in [1.165, 1.54) is 44.9 Å². The molecule has 5 heteroatoms. The van der Waals surface area contributed by atoms with E-state index in [0.29, 0.717) is 12.8 Å². The Morgan fingerprint density at radius 2 is 1.39 bits per heavy atom. The number of unbranched alkanes of at least 4 members (excludes halogenated alkanes) is 8. The molecular weight excluding hydrogens is 301 g/mol. The Labute approximate surface area is 164 Å². The van der Waals surface area contributed by atoms with E-state index in [1.807, 2.05) is 13.8 Å². The number of carboxylic acid groups (broad SMARTS) is 1. The molecule has 132 valence electrons. The van der Waals surface area contributed by atoms with Crippen molar-refractivity contribution in [2.24, 2.45) is 5.92 Å². The van der Waals surface area contributed by atoms with Crippen LogP contribution < -0.4 is 5.32 Å². The summed E-state index contributed by atoms with van der Waals surface area (Å²) in [5.74, 6) is -0.806. The second kappa shape index (κ2) is 16.8. The van der Waals surface area contributed by atoms with E-state index in [1.54, 1.807) is 0 Å². The van der Waals surface area contributed by atoms with Gasteiger partial charge in [-0.2, -0.15) is 0 Å². The fraction of sp³-hybridized carbons (Fsp3) is 0.889. The van der Waals surface area contributed by atoms with Crippen molar-refractivity contribution in [3.63, 3.8) is 0 Å². The summed E-state index contributed by atoms with van der Waals surface area (Å²) in [6.45, 7) is 6.15. The molecule has 0 spiro atoms. The van der Waals surface area contributed by atoms with E-state index < -0.39 is 12.0 Å². The summed E-state index contributed by atoms with van der Waals surface area (Å²) in [4.78, 5) is 22.9. The van der Waals surface area contributed by atoms with E-state index >= 15 is 0 Å². The average molecular weight is 337 g/mol. The van der Waals surface area contributed by atoms with Crippen LogP contribution in [0.5, 0.6) is 0 Å². The summed E-state index contributed by atoms with van der Waals surface area (Å²) >= 11 is 0. The van der Waals surface area contributed by atoms with Crippen molar-refractivity contribution >= 4 is 41.4 Å². The fourth-order valence-electron chi connectivity index (χ4n) is 2.56. The molecule has 23 heavy (non-hydrogen) atoms. The first-order chi connectivity index (χ1) is 10.5. The first-order valence-corrected chi connectivity index (χ1v) is 8.99. The van der Waals surface area contributed by atoms with Gasteiger partial charge in [0.25, 0.3) is 0 Å². The molecule has 2 N–H and O–H groups in total. The fourth-order valence-corrected chi connectivity index (χ4v) is 2.56. The summed E-state index contributed by atoms with van der Waals surface area (Å²) in [6, 6.07) is -0.744. The molecule has 0 aliphatic carbocycles. The van der Waals surface area contributed by atoms with Gasteiger partial charge in [0.15, 0.2) is 0 Å². The van der Waals surface area contributed by atoms with Gasteiger partial charge in [-0.05, 0) is 18.8 Å². The molecule has 0 aromatic carbocycles. The van der Waals surface area contributed by atoms with Gasteiger partial charge in [0.2, 0.25) is 5.91 Å². The topological polar surface area (TPSA) is 66.4 Å². The second-order valence-electron chi connectivity index (χ2n) is 6.67. The third-order valence-electron chi connectivity index (χ3n) is 3.85. The van der Waals surface area contributed by atoms with Crippen molar-refractivity contribution in [3.05, 3.63) is 0 Å². The second-order valence-corrected chi connectivity index (χ2v) is 6.67. The van der Waals surface area contributed by atoms with Crippen LogP contribution in [0.3, 0.4) is 0 Å². The first kappa shape index (κ1) is 25.2. The van der Waals surface area contributed by atoms with E-state index in [9.17, 15) is 9.59 Å². The summed E-state index contributed by atoms with van der Waals surface area (Å²) in [7, 11) is 0. The zero-order chi connectivity index (χ0) is 16.8. The zero-order valence-corrected chi connectivity index (χ0v) is 14.7. The molecule has 0 aliphatic heterocycles. The molecule has 0 radical (unpaired) electrons. The van der Waals surface area contributed by atoms with Crippen molar-refractivity contribution < 1.29 is 14.7 Å². The number of hydrogen-bond donors (Lipinski definition) is 2. The molecule has 0 aromatic heterocycles.